The van der Waals surface area contributed by atoms with Crippen molar-refractivity contribution in [1.29, 1.82) is 0 Å². The molecule has 0 fully saturated rings. The molecule has 0 saturated carbocycles. The fourth-order valence-corrected chi connectivity index (χ4v) is 4.78. The van der Waals surface area contributed by atoms with Crippen LogP contribution in [0.3, 0.4) is 0 Å². The summed E-state index contributed by atoms with van der Waals surface area (Å²) in [7, 11) is -2.95. The Labute approximate surface area is 120 Å². The maximum Gasteiger partial charge on any atom is 0.222 e. The van der Waals surface area contributed by atoms with E-state index < -0.39 is 9.84 Å². The van der Waals surface area contributed by atoms with E-state index in [2.05, 4.69) is 23.0 Å². The fourth-order valence-electron chi connectivity index (χ4n) is 1.53. The first-order valence-corrected chi connectivity index (χ1v) is 9.62. The molecule has 0 radical (unpaired) electrons. The van der Waals surface area contributed by atoms with Gasteiger partial charge < -0.3 is 5.73 Å². The maximum absolute atomic E-state index is 11.1. The van der Waals surface area contributed by atoms with Crippen LogP contribution in [0.2, 0.25) is 0 Å². The summed E-state index contributed by atoms with van der Waals surface area (Å²) in [5.74, 6) is 0.842. The lowest BCUT2D eigenvalue weighted by molar-refractivity contribution is 0.603. The van der Waals surface area contributed by atoms with Gasteiger partial charge in [0.1, 0.15) is 19.7 Å². The SMILES string of the molecule is CCc1cc2c(SCCS(C)(=O)=O)nc(N)nc2s1. The van der Waals surface area contributed by atoms with E-state index >= 15 is 0 Å². The summed E-state index contributed by atoms with van der Waals surface area (Å²) >= 11 is 3.01. The number of fused-ring (bicyclic) bond motifs is 1. The Morgan fingerprint density at radius 1 is 1.42 bits per heavy atom. The van der Waals surface area contributed by atoms with E-state index in [1.807, 2.05) is 0 Å². The van der Waals surface area contributed by atoms with Crippen LogP contribution in [-0.4, -0.2) is 36.1 Å². The minimum Gasteiger partial charge on any atom is -0.368 e. The van der Waals surface area contributed by atoms with Crippen LogP contribution in [0.15, 0.2) is 11.1 Å². The number of aryl methyl sites for hydroxylation is 1. The van der Waals surface area contributed by atoms with E-state index in [0.717, 1.165) is 21.7 Å². The molecule has 2 aromatic heterocycles. The van der Waals surface area contributed by atoms with Gasteiger partial charge in [-0.25, -0.2) is 18.4 Å². The molecule has 0 saturated heterocycles. The molecule has 0 aliphatic heterocycles. The largest absolute Gasteiger partial charge is 0.368 e. The van der Waals surface area contributed by atoms with Crippen LogP contribution in [0.1, 0.15) is 11.8 Å². The van der Waals surface area contributed by atoms with Crippen molar-refractivity contribution in [2.24, 2.45) is 0 Å². The summed E-state index contributed by atoms with van der Waals surface area (Å²) in [5, 5.41) is 1.73. The lowest BCUT2D eigenvalue weighted by atomic mass is 10.3. The second-order valence-corrected chi connectivity index (χ2v) is 8.61. The predicted octanol–water partition coefficient (Wildman–Crippen LogP) is 1.97. The number of anilines is 1. The Hall–Kier alpha value is -0.860. The fraction of sp³-hybridized carbons (Fsp3) is 0.455. The number of nitrogens with zero attached hydrogens (tertiary/aromatic N) is 2. The van der Waals surface area contributed by atoms with Crippen molar-refractivity contribution >= 4 is 49.1 Å². The third kappa shape index (κ3) is 3.80. The van der Waals surface area contributed by atoms with Crippen molar-refractivity contribution in [3.63, 3.8) is 0 Å². The monoisotopic (exact) mass is 317 g/mol. The number of thiophene rings is 1. The number of nitrogens with two attached hydrogens (primary N) is 1. The van der Waals surface area contributed by atoms with Gasteiger partial charge in [0.15, 0.2) is 0 Å². The van der Waals surface area contributed by atoms with Crippen molar-refractivity contribution in [1.82, 2.24) is 9.97 Å². The van der Waals surface area contributed by atoms with Crippen molar-refractivity contribution in [3.05, 3.63) is 10.9 Å². The molecule has 0 spiro atoms. The van der Waals surface area contributed by atoms with Crippen LogP contribution < -0.4 is 5.73 Å². The Morgan fingerprint density at radius 3 is 2.79 bits per heavy atom. The van der Waals surface area contributed by atoms with Gasteiger partial charge in [0, 0.05) is 22.3 Å². The molecule has 104 valence electrons. The molecular formula is C11H15N3O2S3. The van der Waals surface area contributed by atoms with Gasteiger partial charge in [-0.05, 0) is 12.5 Å². The molecule has 0 atom stereocenters. The topological polar surface area (TPSA) is 85.9 Å². The number of sulfone groups is 1. The molecule has 5 nitrogen and oxygen atoms in total. The van der Waals surface area contributed by atoms with E-state index in [0.29, 0.717) is 5.75 Å². The van der Waals surface area contributed by atoms with Gasteiger partial charge in [0.05, 0.1) is 5.75 Å². The van der Waals surface area contributed by atoms with Crippen LogP contribution in [0, 0.1) is 0 Å². The zero-order chi connectivity index (χ0) is 14.0. The number of hydrogen-bond acceptors (Lipinski definition) is 7. The van der Waals surface area contributed by atoms with E-state index in [4.69, 9.17) is 5.73 Å². The average molecular weight is 317 g/mol. The lowest BCUT2D eigenvalue weighted by Crippen LogP contribution is -2.05. The molecule has 0 aromatic carbocycles. The molecule has 2 aromatic rings. The molecule has 0 amide bonds. The summed E-state index contributed by atoms with van der Waals surface area (Å²) in [5.41, 5.74) is 5.69. The van der Waals surface area contributed by atoms with Crippen molar-refractivity contribution in [3.8, 4) is 0 Å². The number of thioether (sulfide) groups is 1. The molecule has 0 bridgehead atoms. The van der Waals surface area contributed by atoms with Crippen LogP contribution >= 0.6 is 23.1 Å². The Morgan fingerprint density at radius 2 is 2.16 bits per heavy atom. The highest BCUT2D eigenvalue weighted by atomic mass is 32.2. The maximum atomic E-state index is 11.1. The summed E-state index contributed by atoms with van der Waals surface area (Å²) in [6, 6.07) is 2.06. The van der Waals surface area contributed by atoms with Gasteiger partial charge in [0.25, 0.3) is 0 Å². The summed E-state index contributed by atoms with van der Waals surface area (Å²) in [4.78, 5) is 10.5. The predicted molar refractivity (Wildman–Crippen MR) is 81.6 cm³/mol. The highest BCUT2D eigenvalue weighted by Crippen LogP contribution is 2.32. The normalized spacial score (nSPS) is 12.1. The molecule has 0 unspecified atom stereocenters. The zero-order valence-electron chi connectivity index (χ0n) is 10.7. The smallest absolute Gasteiger partial charge is 0.222 e. The van der Waals surface area contributed by atoms with Gasteiger partial charge in [-0.15, -0.1) is 23.1 Å². The van der Waals surface area contributed by atoms with Crippen molar-refractivity contribution < 1.29 is 8.42 Å². The first kappa shape index (κ1) is 14.5. The highest BCUT2D eigenvalue weighted by Gasteiger charge is 2.11. The molecule has 0 aliphatic rings. The summed E-state index contributed by atoms with van der Waals surface area (Å²) < 4.78 is 22.3. The number of hydrogen-bond donors (Lipinski definition) is 1. The Kier molecular flexibility index (Phi) is 4.32. The number of aromatic nitrogens is 2. The van der Waals surface area contributed by atoms with Gasteiger partial charge in [0.2, 0.25) is 5.95 Å². The van der Waals surface area contributed by atoms with E-state index in [9.17, 15) is 8.42 Å². The van der Waals surface area contributed by atoms with Gasteiger partial charge in [-0.2, -0.15) is 0 Å². The van der Waals surface area contributed by atoms with Crippen LogP contribution in [0.4, 0.5) is 5.95 Å². The minimum atomic E-state index is -2.95. The Bertz CT molecular complexity index is 695. The highest BCUT2D eigenvalue weighted by molar-refractivity contribution is 8.00. The molecular weight excluding hydrogens is 302 g/mol. The van der Waals surface area contributed by atoms with E-state index in [1.165, 1.54) is 22.9 Å². The first-order chi connectivity index (χ1) is 8.89. The number of rotatable bonds is 5. The van der Waals surface area contributed by atoms with E-state index in [-0.39, 0.29) is 11.7 Å². The number of nitrogen functional groups attached to an aromatic ring is 1. The van der Waals surface area contributed by atoms with Crippen molar-refractivity contribution in [2.75, 3.05) is 23.5 Å². The average Bonchev–Trinajstić information content (AvgIpc) is 2.70. The quantitative estimate of drug-likeness (QED) is 0.670. The molecule has 2 N–H and O–H groups in total. The van der Waals surface area contributed by atoms with Gasteiger partial charge in [-0.1, -0.05) is 6.92 Å². The van der Waals surface area contributed by atoms with Crippen molar-refractivity contribution in [2.45, 2.75) is 18.4 Å². The van der Waals surface area contributed by atoms with Crippen LogP contribution in [0.5, 0.6) is 0 Å². The molecule has 19 heavy (non-hydrogen) atoms. The molecule has 2 heterocycles. The van der Waals surface area contributed by atoms with Gasteiger partial charge in [-0.3, -0.25) is 0 Å². The van der Waals surface area contributed by atoms with E-state index in [1.54, 1.807) is 11.3 Å². The summed E-state index contributed by atoms with van der Waals surface area (Å²) in [6.07, 6.45) is 2.17. The third-order valence-electron chi connectivity index (χ3n) is 2.47. The second kappa shape index (κ2) is 5.64. The van der Waals surface area contributed by atoms with Crippen LogP contribution in [-0.2, 0) is 16.3 Å². The molecule has 2 rings (SSSR count). The lowest BCUT2D eigenvalue weighted by Gasteiger charge is -2.02. The second-order valence-electron chi connectivity index (χ2n) is 4.15. The van der Waals surface area contributed by atoms with Crippen LogP contribution in [0.25, 0.3) is 10.2 Å². The Balaban J connectivity index is 2.28. The standard InChI is InChI=1S/C11H15N3O2S3/c1-3-7-6-8-9(17-4-5-19(2,15)16)13-11(12)14-10(8)18-7/h6H,3-5H2,1-2H3,(H2,12,13,14). The molecule has 8 heteroatoms. The first-order valence-electron chi connectivity index (χ1n) is 5.75. The zero-order valence-corrected chi connectivity index (χ0v) is 13.2. The summed E-state index contributed by atoms with van der Waals surface area (Å²) in [6.45, 7) is 2.08. The molecule has 0 aliphatic carbocycles. The third-order valence-corrected chi connectivity index (χ3v) is 5.84. The minimum absolute atomic E-state index is 0.133. The van der Waals surface area contributed by atoms with Gasteiger partial charge >= 0.3 is 0 Å².